The largest absolute Gasteiger partial charge is 0.310 e. The monoisotopic (exact) mass is 255 g/mol. The van der Waals surface area contributed by atoms with Gasteiger partial charge in [0, 0.05) is 14.0 Å². The number of nitrogens with one attached hydrogen (secondary N) is 1. The molecule has 1 aliphatic rings. The van der Waals surface area contributed by atoms with Gasteiger partial charge in [0.1, 0.15) is 0 Å². The molecule has 0 saturated heterocycles. The van der Waals surface area contributed by atoms with E-state index in [-0.39, 0.29) is 1.43 Å². The van der Waals surface area contributed by atoms with Gasteiger partial charge in [0.2, 0.25) is 0 Å². The molecule has 0 heterocycles. The van der Waals surface area contributed by atoms with Crippen molar-refractivity contribution in [2.45, 2.75) is 51.1 Å². The van der Waals surface area contributed by atoms with E-state index in [2.05, 4.69) is 47.8 Å². The Balaban J connectivity index is 0.00000147. The first kappa shape index (κ1) is 12.7. The minimum absolute atomic E-state index is 0. The van der Waals surface area contributed by atoms with E-state index in [1.54, 1.807) is 0 Å². The van der Waals surface area contributed by atoms with Crippen molar-refractivity contribution < 1.29 is 1.43 Å². The first-order chi connectivity index (χ1) is 9.42. The molecule has 2 aromatic rings. The standard InChI is InChI=1S/C18H23N.H2/c1-2-4-10-18(9-3-1)19-14-15-11-12-16-7-5-6-8-17(16)13-15;/h5-8,11-13,18-19H,1-4,9-10,14H2;1H. The zero-order valence-corrected chi connectivity index (χ0v) is 11.6. The SMILES string of the molecule is [HH].c1ccc2cc(CNC3CCCCCC3)ccc2c1. The van der Waals surface area contributed by atoms with Crippen LogP contribution < -0.4 is 5.32 Å². The smallest absolute Gasteiger partial charge is 0.0208 e. The van der Waals surface area contributed by atoms with Gasteiger partial charge in [-0.1, -0.05) is 62.1 Å². The van der Waals surface area contributed by atoms with E-state index in [0.717, 1.165) is 12.6 Å². The molecule has 0 radical (unpaired) electrons. The molecule has 1 aliphatic carbocycles. The second-order valence-corrected chi connectivity index (χ2v) is 5.75. The fraction of sp³-hybridized carbons (Fsp3) is 0.444. The molecule has 1 nitrogen and oxygen atoms in total. The molecule has 102 valence electrons. The average Bonchev–Trinajstić information content (AvgIpc) is 2.73. The molecular weight excluding hydrogens is 230 g/mol. The molecule has 0 aliphatic heterocycles. The summed E-state index contributed by atoms with van der Waals surface area (Å²) in [5.41, 5.74) is 1.41. The fourth-order valence-corrected chi connectivity index (χ4v) is 3.09. The van der Waals surface area contributed by atoms with Crippen molar-refractivity contribution in [1.29, 1.82) is 0 Å². The maximum atomic E-state index is 3.74. The van der Waals surface area contributed by atoms with Crippen LogP contribution in [0.15, 0.2) is 42.5 Å². The minimum atomic E-state index is 0. The van der Waals surface area contributed by atoms with Crippen molar-refractivity contribution in [3.63, 3.8) is 0 Å². The molecular formula is C18H25N. The summed E-state index contributed by atoms with van der Waals surface area (Å²) in [5.74, 6) is 0. The van der Waals surface area contributed by atoms with Crippen LogP contribution in [0.5, 0.6) is 0 Å². The molecule has 0 aromatic heterocycles. The highest BCUT2D eigenvalue weighted by Gasteiger charge is 2.11. The maximum absolute atomic E-state index is 3.74. The summed E-state index contributed by atoms with van der Waals surface area (Å²) >= 11 is 0. The number of fused-ring (bicyclic) bond motifs is 1. The minimum Gasteiger partial charge on any atom is -0.310 e. The molecule has 1 fully saturated rings. The van der Waals surface area contributed by atoms with Gasteiger partial charge in [-0.2, -0.15) is 0 Å². The lowest BCUT2D eigenvalue weighted by Crippen LogP contribution is -2.27. The molecule has 1 heteroatoms. The number of hydrogen-bond donors (Lipinski definition) is 1. The summed E-state index contributed by atoms with van der Waals surface area (Å²) in [6, 6.07) is 16.1. The fourth-order valence-electron chi connectivity index (χ4n) is 3.09. The van der Waals surface area contributed by atoms with Crippen LogP contribution >= 0.6 is 0 Å². The number of benzene rings is 2. The van der Waals surface area contributed by atoms with E-state index >= 15 is 0 Å². The molecule has 0 bridgehead atoms. The van der Waals surface area contributed by atoms with Gasteiger partial charge in [-0.15, -0.1) is 0 Å². The van der Waals surface area contributed by atoms with Crippen LogP contribution in [0.1, 0.15) is 45.5 Å². The Morgan fingerprint density at radius 1 is 0.895 bits per heavy atom. The third-order valence-electron chi connectivity index (χ3n) is 4.26. The molecule has 0 spiro atoms. The highest BCUT2D eigenvalue weighted by molar-refractivity contribution is 5.82. The highest BCUT2D eigenvalue weighted by atomic mass is 14.9. The van der Waals surface area contributed by atoms with Gasteiger partial charge in [-0.3, -0.25) is 0 Å². The van der Waals surface area contributed by atoms with Crippen molar-refractivity contribution in [2.24, 2.45) is 0 Å². The van der Waals surface area contributed by atoms with E-state index in [0.29, 0.717) is 0 Å². The lowest BCUT2D eigenvalue weighted by atomic mass is 10.1. The Labute approximate surface area is 117 Å². The lowest BCUT2D eigenvalue weighted by molar-refractivity contribution is 0.459. The first-order valence-electron chi connectivity index (χ1n) is 7.63. The molecule has 3 rings (SSSR count). The van der Waals surface area contributed by atoms with Gasteiger partial charge in [-0.05, 0) is 35.2 Å². The van der Waals surface area contributed by atoms with E-state index in [1.165, 1.54) is 54.9 Å². The Morgan fingerprint density at radius 3 is 2.42 bits per heavy atom. The van der Waals surface area contributed by atoms with Crippen LogP contribution in [-0.2, 0) is 6.54 Å². The lowest BCUT2D eigenvalue weighted by Gasteiger charge is -2.16. The third kappa shape index (κ3) is 3.36. The first-order valence-corrected chi connectivity index (χ1v) is 7.63. The van der Waals surface area contributed by atoms with Crippen LogP contribution in [0.2, 0.25) is 0 Å². The second-order valence-electron chi connectivity index (χ2n) is 5.75. The van der Waals surface area contributed by atoms with Gasteiger partial charge >= 0.3 is 0 Å². The van der Waals surface area contributed by atoms with Gasteiger partial charge < -0.3 is 5.32 Å². The van der Waals surface area contributed by atoms with Gasteiger partial charge in [0.25, 0.3) is 0 Å². The van der Waals surface area contributed by atoms with Crippen molar-refractivity contribution >= 4 is 10.8 Å². The van der Waals surface area contributed by atoms with Crippen LogP contribution in [0.25, 0.3) is 10.8 Å². The van der Waals surface area contributed by atoms with E-state index in [4.69, 9.17) is 0 Å². The summed E-state index contributed by atoms with van der Waals surface area (Å²) < 4.78 is 0. The summed E-state index contributed by atoms with van der Waals surface area (Å²) in [5, 5.41) is 6.43. The van der Waals surface area contributed by atoms with E-state index < -0.39 is 0 Å². The van der Waals surface area contributed by atoms with E-state index in [1.807, 2.05) is 0 Å². The topological polar surface area (TPSA) is 12.0 Å². The normalized spacial score (nSPS) is 17.5. The molecule has 1 saturated carbocycles. The quantitative estimate of drug-likeness (QED) is 0.769. The Morgan fingerprint density at radius 2 is 1.63 bits per heavy atom. The average molecular weight is 255 g/mol. The number of hydrogen-bond acceptors (Lipinski definition) is 1. The van der Waals surface area contributed by atoms with Crippen LogP contribution in [0.3, 0.4) is 0 Å². The molecule has 19 heavy (non-hydrogen) atoms. The zero-order chi connectivity index (χ0) is 12.9. The third-order valence-corrected chi connectivity index (χ3v) is 4.26. The Bertz CT molecular complexity index is 530. The van der Waals surface area contributed by atoms with Crippen molar-refractivity contribution in [1.82, 2.24) is 5.32 Å². The van der Waals surface area contributed by atoms with Gasteiger partial charge in [0.15, 0.2) is 0 Å². The van der Waals surface area contributed by atoms with Crippen LogP contribution in [0, 0.1) is 0 Å². The van der Waals surface area contributed by atoms with Gasteiger partial charge in [-0.25, -0.2) is 0 Å². The van der Waals surface area contributed by atoms with E-state index in [9.17, 15) is 0 Å². The molecule has 0 unspecified atom stereocenters. The van der Waals surface area contributed by atoms with Crippen LogP contribution in [0.4, 0.5) is 0 Å². The van der Waals surface area contributed by atoms with Crippen molar-refractivity contribution in [3.05, 3.63) is 48.0 Å². The summed E-state index contributed by atoms with van der Waals surface area (Å²) in [6.07, 6.45) is 8.36. The second kappa shape index (κ2) is 6.21. The molecule has 0 atom stereocenters. The zero-order valence-electron chi connectivity index (χ0n) is 11.6. The maximum Gasteiger partial charge on any atom is 0.0208 e. The Hall–Kier alpha value is -1.34. The molecule has 2 aromatic carbocycles. The molecule has 0 amide bonds. The highest BCUT2D eigenvalue weighted by Crippen LogP contribution is 2.19. The van der Waals surface area contributed by atoms with Crippen molar-refractivity contribution in [3.8, 4) is 0 Å². The predicted octanol–water partition coefficient (Wildman–Crippen LogP) is 4.90. The Kier molecular flexibility index (Phi) is 4.14. The number of rotatable bonds is 3. The predicted molar refractivity (Wildman–Crippen MR) is 84.4 cm³/mol. The summed E-state index contributed by atoms with van der Waals surface area (Å²) in [7, 11) is 0. The van der Waals surface area contributed by atoms with Gasteiger partial charge in [0.05, 0.1) is 0 Å². The van der Waals surface area contributed by atoms with Crippen molar-refractivity contribution in [2.75, 3.05) is 0 Å². The van der Waals surface area contributed by atoms with Crippen LogP contribution in [-0.4, -0.2) is 6.04 Å². The molecule has 1 N–H and O–H groups in total. The summed E-state index contributed by atoms with van der Waals surface area (Å²) in [4.78, 5) is 0. The summed E-state index contributed by atoms with van der Waals surface area (Å²) in [6.45, 7) is 1.01.